The van der Waals surface area contributed by atoms with Crippen LogP contribution in [0.2, 0.25) is 0 Å². The van der Waals surface area contributed by atoms with Gasteiger partial charge in [0.05, 0.1) is 0 Å². The van der Waals surface area contributed by atoms with Gasteiger partial charge in [0.15, 0.2) is 11.5 Å². The van der Waals surface area contributed by atoms with Crippen molar-refractivity contribution in [1.29, 1.82) is 0 Å². The largest absolute Gasteiger partial charge is 0.478 e. The highest BCUT2D eigenvalue weighted by molar-refractivity contribution is 6.02. The van der Waals surface area contributed by atoms with Crippen LogP contribution in [0.5, 0.6) is 0 Å². The van der Waals surface area contributed by atoms with Crippen molar-refractivity contribution in [1.82, 2.24) is 4.98 Å². The van der Waals surface area contributed by atoms with E-state index in [1.54, 1.807) is 18.2 Å². The maximum atomic E-state index is 11.5. The number of rotatable bonds is 4. The monoisotopic (exact) mass is 274 g/mol. The Hall–Kier alpha value is -2.63. The number of anilines is 1. The number of carbonyl (C=O) groups excluding carboxylic acids is 1. The van der Waals surface area contributed by atoms with Crippen LogP contribution in [0.15, 0.2) is 34.8 Å². The molecule has 0 aliphatic carbocycles. The number of carboxylic acids is 1. The average molecular weight is 274 g/mol. The predicted molar refractivity (Wildman–Crippen MR) is 73.5 cm³/mol. The summed E-state index contributed by atoms with van der Waals surface area (Å²) in [6, 6.07) is 5.07. The van der Waals surface area contributed by atoms with E-state index < -0.39 is 11.9 Å². The highest BCUT2D eigenvalue weighted by Crippen LogP contribution is 2.23. The van der Waals surface area contributed by atoms with Crippen molar-refractivity contribution in [2.45, 2.75) is 19.8 Å². The van der Waals surface area contributed by atoms with Gasteiger partial charge in [0.25, 0.3) is 0 Å². The summed E-state index contributed by atoms with van der Waals surface area (Å²) in [5.41, 5.74) is 1.81. The van der Waals surface area contributed by atoms with E-state index in [4.69, 9.17) is 9.52 Å². The van der Waals surface area contributed by atoms with Gasteiger partial charge in [-0.2, -0.15) is 0 Å². The topological polar surface area (TPSA) is 92.4 Å². The van der Waals surface area contributed by atoms with Crippen LogP contribution in [-0.2, 0) is 9.59 Å². The number of hydrogen-bond donors (Lipinski definition) is 2. The summed E-state index contributed by atoms with van der Waals surface area (Å²) in [5, 5.41) is 11.0. The molecule has 0 saturated carbocycles. The summed E-state index contributed by atoms with van der Waals surface area (Å²) in [4.78, 5) is 26.1. The summed E-state index contributed by atoms with van der Waals surface area (Å²) < 4.78 is 5.58. The third-order valence-corrected chi connectivity index (χ3v) is 2.54. The van der Waals surface area contributed by atoms with E-state index >= 15 is 0 Å². The van der Waals surface area contributed by atoms with E-state index in [1.165, 1.54) is 0 Å². The molecule has 6 nitrogen and oxygen atoms in total. The van der Waals surface area contributed by atoms with E-state index in [2.05, 4.69) is 10.3 Å². The van der Waals surface area contributed by atoms with Crippen molar-refractivity contribution in [2.75, 3.05) is 5.32 Å². The summed E-state index contributed by atoms with van der Waals surface area (Å²) in [7, 11) is 0. The molecular formula is C14H14N2O4. The van der Waals surface area contributed by atoms with Crippen molar-refractivity contribution in [2.24, 2.45) is 0 Å². The lowest BCUT2D eigenvalue weighted by Crippen LogP contribution is -2.08. The van der Waals surface area contributed by atoms with Gasteiger partial charge in [-0.25, -0.2) is 9.78 Å². The predicted octanol–water partition coefficient (Wildman–Crippen LogP) is 2.53. The highest BCUT2D eigenvalue weighted by Gasteiger charge is 2.10. The maximum Gasteiger partial charge on any atom is 0.328 e. The van der Waals surface area contributed by atoms with Gasteiger partial charge in [0.1, 0.15) is 5.52 Å². The Bertz CT molecular complexity index is 686. The zero-order chi connectivity index (χ0) is 14.7. The van der Waals surface area contributed by atoms with Gasteiger partial charge in [-0.1, -0.05) is 13.8 Å². The van der Waals surface area contributed by atoms with E-state index in [-0.39, 0.29) is 5.92 Å². The van der Waals surface area contributed by atoms with Crippen LogP contribution < -0.4 is 5.32 Å². The molecule has 1 aromatic carbocycles. The maximum absolute atomic E-state index is 11.5. The van der Waals surface area contributed by atoms with Crippen LogP contribution in [0.3, 0.4) is 0 Å². The zero-order valence-electron chi connectivity index (χ0n) is 11.1. The smallest absolute Gasteiger partial charge is 0.328 e. The number of carbonyl (C=O) groups is 2. The fourth-order valence-corrected chi connectivity index (χ4v) is 1.60. The third kappa shape index (κ3) is 3.23. The van der Waals surface area contributed by atoms with Crippen LogP contribution in [-0.4, -0.2) is 22.0 Å². The molecule has 0 spiro atoms. The molecule has 0 fully saturated rings. The Morgan fingerprint density at radius 2 is 2.10 bits per heavy atom. The molecule has 2 N–H and O–H groups in total. The standard InChI is InChI=1S/C14H14N2O4/c1-8(2)14-16-10-4-3-9(7-11(10)20-14)15-12(17)5-6-13(18)19/h3-8H,1-2H3,(H,15,17)(H,18,19)/b6-5+. The summed E-state index contributed by atoms with van der Waals surface area (Å²) in [5.74, 6) is -0.879. The van der Waals surface area contributed by atoms with E-state index in [0.717, 1.165) is 12.2 Å². The number of nitrogens with one attached hydrogen (secondary N) is 1. The third-order valence-electron chi connectivity index (χ3n) is 2.54. The molecule has 104 valence electrons. The van der Waals surface area contributed by atoms with Crippen LogP contribution in [0.1, 0.15) is 25.7 Å². The molecule has 1 heterocycles. The first kappa shape index (κ1) is 13.8. The number of nitrogens with zero attached hydrogens (tertiary/aromatic N) is 1. The second-order valence-corrected chi connectivity index (χ2v) is 4.55. The lowest BCUT2D eigenvalue weighted by molar-refractivity contribution is -0.131. The minimum absolute atomic E-state index is 0.180. The summed E-state index contributed by atoms with van der Waals surface area (Å²) >= 11 is 0. The highest BCUT2D eigenvalue weighted by atomic mass is 16.4. The van der Waals surface area contributed by atoms with Gasteiger partial charge in [-0.05, 0) is 12.1 Å². The molecule has 1 amide bonds. The van der Waals surface area contributed by atoms with Crippen LogP contribution in [0.4, 0.5) is 5.69 Å². The molecule has 0 bridgehead atoms. The molecule has 0 radical (unpaired) electrons. The van der Waals surface area contributed by atoms with Crippen LogP contribution in [0.25, 0.3) is 11.1 Å². The minimum atomic E-state index is -1.17. The minimum Gasteiger partial charge on any atom is -0.478 e. The van der Waals surface area contributed by atoms with Crippen LogP contribution >= 0.6 is 0 Å². The molecule has 0 unspecified atom stereocenters. The van der Waals surface area contributed by atoms with Gasteiger partial charge >= 0.3 is 5.97 Å². The fourth-order valence-electron chi connectivity index (χ4n) is 1.60. The van der Waals surface area contributed by atoms with Crippen molar-refractivity contribution < 1.29 is 19.1 Å². The Balaban J connectivity index is 2.19. The first-order chi connectivity index (χ1) is 9.45. The normalized spacial score (nSPS) is 11.3. The van der Waals surface area contributed by atoms with E-state index in [1.807, 2.05) is 13.8 Å². The fraction of sp³-hybridized carbons (Fsp3) is 0.214. The Kier molecular flexibility index (Phi) is 3.84. The Morgan fingerprint density at radius 1 is 1.35 bits per heavy atom. The van der Waals surface area contributed by atoms with E-state index in [0.29, 0.717) is 22.7 Å². The lowest BCUT2D eigenvalue weighted by Gasteiger charge is -2.00. The molecule has 6 heteroatoms. The average Bonchev–Trinajstić information content (AvgIpc) is 2.79. The number of carboxylic acid groups (broad SMARTS) is 1. The first-order valence-electron chi connectivity index (χ1n) is 6.08. The van der Waals surface area contributed by atoms with Crippen molar-refractivity contribution in [3.63, 3.8) is 0 Å². The number of aliphatic carboxylic acids is 1. The molecule has 0 aliphatic rings. The second kappa shape index (κ2) is 5.56. The SMILES string of the molecule is CC(C)c1nc2ccc(NC(=O)/C=C/C(=O)O)cc2o1. The molecular weight excluding hydrogens is 260 g/mol. The Labute approximate surface area is 115 Å². The second-order valence-electron chi connectivity index (χ2n) is 4.55. The first-order valence-corrected chi connectivity index (χ1v) is 6.08. The summed E-state index contributed by atoms with van der Waals surface area (Å²) in [6.07, 6.45) is 1.73. The number of benzene rings is 1. The lowest BCUT2D eigenvalue weighted by atomic mass is 10.2. The van der Waals surface area contributed by atoms with E-state index in [9.17, 15) is 9.59 Å². The Morgan fingerprint density at radius 3 is 2.75 bits per heavy atom. The molecule has 0 atom stereocenters. The molecule has 2 aromatic rings. The molecule has 1 aromatic heterocycles. The van der Waals surface area contributed by atoms with Gasteiger partial charge in [-0.3, -0.25) is 4.79 Å². The number of amides is 1. The number of oxazole rings is 1. The molecule has 0 aliphatic heterocycles. The van der Waals surface area contributed by atoms with Crippen molar-refractivity contribution >= 4 is 28.7 Å². The molecule has 20 heavy (non-hydrogen) atoms. The van der Waals surface area contributed by atoms with Crippen molar-refractivity contribution in [3.8, 4) is 0 Å². The van der Waals surface area contributed by atoms with Gasteiger partial charge in [-0.15, -0.1) is 0 Å². The summed E-state index contributed by atoms with van der Waals surface area (Å²) in [6.45, 7) is 3.95. The van der Waals surface area contributed by atoms with Gasteiger partial charge < -0.3 is 14.8 Å². The number of hydrogen-bond acceptors (Lipinski definition) is 4. The number of fused-ring (bicyclic) bond motifs is 1. The zero-order valence-corrected chi connectivity index (χ0v) is 11.1. The van der Waals surface area contributed by atoms with Gasteiger partial charge in [0.2, 0.25) is 5.91 Å². The van der Waals surface area contributed by atoms with Crippen molar-refractivity contribution in [3.05, 3.63) is 36.2 Å². The number of aromatic nitrogens is 1. The quantitative estimate of drug-likeness (QED) is 0.836. The molecule has 0 saturated heterocycles. The molecule has 2 rings (SSSR count). The van der Waals surface area contributed by atoms with Gasteiger partial charge in [0, 0.05) is 29.8 Å². The van der Waals surface area contributed by atoms with Crippen LogP contribution in [0, 0.1) is 0 Å².